The lowest BCUT2D eigenvalue weighted by atomic mass is 10.1. The molecule has 3 nitrogen and oxygen atoms in total. The summed E-state index contributed by atoms with van der Waals surface area (Å²) in [6.07, 6.45) is 2.22. The van der Waals surface area contributed by atoms with Crippen LogP contribution in [0.15, 0.2) is 22.7 Å². The van der Waals surface area contributed by atoms with Crippen molar-refractivity contribution in [2.75, 3.05) is 27.2 Å². The van der Waals surface area contributed by atoms with Crippen LogP contribution in [0.1, 0.15) is 28.8 Å². The van der Waals surface area contributed by atoms with Gasteiger partial charge >= 0.3 is 0 Å². The first-order chi connectivity index (χ1) is 8.97. The molecule has 1 fully saturated rings. The van der Waals surface area contributed by atoms with Gasteiger partial charge in [0.15, 0.2) is 0 Å². The number of benzene rings is 1. The Bertz CT molecular complexity index is 453. The van der Waals surface area contributed by atoms with Gasteiger partial charge in [0.2, 0.25) is 0 Å². The third kappa shape index (κ3) is 3.57. The van der Waals surface area contributed by atoms with Crippen molar-refractivity contribution >= 4 is 21.8 Å². The molecule has 1 aromatic carbocycles. The van der Waals surface area contributed by atoms with E-state index in [9.17, 15) is 4.79 Å². The van der Waals surface area contributed by atoms with Crippen molar-refractivity contribution < 1.29 is 4.79 Å². The van der Waals surface area contributed by atoms with Crippen LogP contribution in [-0.2, 0) is 0 Å². The van der Waals surface area contributed by atoms with Crippen LogP contribution in [0.4, 0.5) is 0 Å². The van der Waals surface area contributed by atoms with Crippen LogP contribution in [0, 0.1) is 6.92 Å². The van der Waals surface area contributed by atoms with Gasteiger partial charge in [-0.25, -0.2) is 0 Å². The Morgan fingerprint density at radius 3 is 2.79 bits per heavy atom. The standard InChI is InChI=1S/C15H21BrN2O/c1-11-7-12(9-13(16)8-11)15(19)18-6-4-5-14(18)10-17(2)3/h7-9,14H,4-6,10H2,1-3H3. The number of halogens is 1. The first-order valence-electron chi connectivity index (χ1n) is 6.70. The fourth-order valence-corrected chi connectivity index (χ4v) is 3.35. The van der Waals surface area contributed by atoms with E-state index in [-0.39, 0.29) is 5.91 Å². The Hall–Kier alpha value is -0.870. The molecule has 0 aliphatic carbocycles. The second-order valence-electron chi connectivity index (χ2n) is 5.57. The van der Waals surface area contributed by atoms with Crippen molar-refractivity contribution in [1.29, 1.82) is 0 Å². The number of hydrogen-bond acceptors (Lipinski definition) is 2. The minimum atomic E-state index is 0.161. The summed E-state index contributed by atoms with van der Waals surface area (Å²) in [5, 5.41) is 0. The van der Waals surface area contributed by atoms with Crippen LogP contribution >= 0.6 is 15.9 Å². The van der Waals surface area contributed by atoms with Crippen molar-refractivity contribution in [3.8, 4) is 0 Å². The van der Waals surface area contributed by atoms with Crippen LogP contribution in [0.5, 0.6) is 0 Å². The van der Waals surface area contributed by atoms with Gasteiger partial charge in [-0.2, -0.15) is 0 Å². The molecule has 1 unspecified atom stereocenters. The molecule has 0 N–H and O–H groups in total. The summed E-state index contributed by atoms with van der Waals surface area (Å²) in [6.45, 7) is 3.84. The maximum atomic E-state index is 12.6. The molecule has 4 heteroatoms. The van der Waals surface area contributed by atoms with Crippen LogP contribution in [-0.4, -0.2) is 48.9 Å². The predicted molar refractivity (Wildman–Crippen MR) is 81.5 cm³/mol. The van der Waals surface area contributed by atoms with Gasteiger partial charge in [-0.3, -0.25) is 4.79 Å². The van der Waals surface area contributed by atoms with E-state index in [2.05, 4.69) is 34.9 Å². The molecule has 1 amide bonds. The van der Waals surface area contributed by atoms with Crippen LogP contribution in [0.3, 0.4) is 0 Å². The normalized spacial score (nSPS) is 19.2. The summed E-state index contributed by atoms with van der Waals surface area (Å²) >= 11 is 3.47. The van der Waals surface area contributed by atoms with E-state index >= 15 is 0 Å². The average molecular weight is 325 g/mol. The van der Waals surface area contributed by atoms with E-state index in [4.69, 9.17) is 0 Å². The molecule has 1 aliphatic rings. The van der Waals surface area contributed by atoms with E-state index in [0.29, 0.717) is 6.04 Å². The summed E-state index contributed by atoms with van der Waals surface area (Å²) in [4.78, 5) is 16.8. The number of amides is 1. The maximum absolute atomic E-state index is 12.6. The van der Waals surface area contributed by atoms with Gasteiger partial charge in [0.05, 0.1) is 0 Å². The monoisotopic (exact) mass is 324 g/mol. The van der Waals surface area contributed by atoms with E-state index in [0.717, 1.165) is 41.5 Å². The third-order valence-corrected chi connectivity index (χ3v) is 3.96. The number of aryl methyl sites for hydroxylation is 1. The molecule has 1 atom stereocenters. The van der Waals surface area contributed by atoms with E-state index < -0.39 is 0 Å². The molecule has 0 bridgehead atoms. The van der Waals surface area contributed by atoms with Crippen molar-refractivity contribution in [1.82, 2.24) is 9.80 Å². The Labute approximate surface area is 123 Å². The number of nitrogens with zero attached hydrogens (tertiary/aromatic N) is 2. The van der Waals surface area contributed by atoms with Gasteiger partial charge in [-0.15, -0.1) is 0 Å². The summed E-state index contributed by atoms with van der Waals surface area (Å²) in [7, 11) is 4.12. The van der Waals surface area contributed by atoms with Gasteiger partial charge in [-0.1, -0.05) is 15.9 Å². The van der Waals surface area contributed by atoms with Crippen molar-refractivity contribution in [3.05, 3.63) is 33.8 Å². The topological polar surface area (TPSA) is 23.6 Å². The van der Waals surface area contributed by atoms with Crippen LogP contribution < -0.4 is 0 Å². The molecule has 1 aromatic rings. The molecule has 2 rings (SSSR count). The van der Waals surface area contributed by atoms with Gasteiger partial charge in [0, 0.05) is 29.2 Å². The van der Waals surface area contributed by atoms with Crippen molar-refractivity contribution in [2.24, 2.45) is 0 Å². The summed E-state index contributed by atoms with van der Waals surface area (Å²) in [5.41, 5.74) is 1.90. The predicted octanol–water partition coefficient (Wildman–Crippen LogP) is 2.92. The number of carbonyl (C=O) groups is 1. The number of hydrogen-bond donors (Lipinski definition) is 0. The highest BCUT2D eigenvalue weighted by atomic mass is 79.9. The second kappa shape index (κ2) is 6.06. The van der Waals surface area contributed by atoms with Gasteiger partial charge < -0.3 is 9.80 Å². The highest BCUT2D eigenvalue weighted by molar-refractivity contribution is 9.10. The second-order valence-corrected chi connectivity index (χ2v) is 6.49. The molecular formula is C15H21BrN2O. The number of carbonyl (C=O) groups excluding carboxylic acids is 1. The quantitative estimate of drug-likeness (QED) is 0.853. The SMILES string of the molecule is Cc1cc(Br)cc(C(=O)N2CCCC2CN(C)C)c1. The Morgan fingerprint density at radius 2 is 2.16 bits per heavy atom. The molecule has 0 spiro atoms. The fourth-order valence-electron chi connectivity index (χ4n) is 2.74. The largest absolute Gasteiger partial charge is 0.334 e. The van der Waals surface area contributed by atoms with Gasteiger partial charge in [-0.05, 0) is 57.6 Å². The summed E-state index contributed by atoms with van der Waals surface area (Å²) in [6, 6.07) is 6.26. The lowest BCUT2D eigenvalue weighted by Crippen LogP contribution is -2.41. The molecule has 1 heterocycles. The number of rotatable bonds is 3. The molecule has 104 valence electrons. The average Bonchev–Trinajstić information content (AvgIpc) is 2.73. The molecule has 1 aliphatic heterocycles. The zero-order valence-corrected chi connectivity index (χ0v) is 13.4. The van der Waals surface area contributed by atoms with E-state index in [1.54, 1.807) is 0 Å². The van der Waals surface area contributed by atoms with Gasteiger partial charge in [0.25, 0.3) is 5.91 Å². The first kappa shape index (κ1) is 14.5. The van der Waals surface area contributed by atoms with E-state index in [1.807, 2.05) is 30.0 Å². The summed E-state index contributed by atoms with van der Waals surface area (Å²) in [5.74, 6) is 0.161. The van der Waals surface area contributed by atoms with Crippen LogP contribution in [0.25, 0.3) is 0 Å². The Kier molecular flexibility index (Phi) is 4.63. The minimum absolute atomic E-state index is 0.161. The highest BCUT2D eigenvalue weighted by Gasteiger charge is 2.29. The molecular weight excluding hydrogens is 304 g/mol. The minimum Gasteiger partial charge on any atom is -0.334 e. The van der Waals surface area contributed by atoms with Crippen molar-refractivity contribution in [2.45, 2.75) is 25.8 Å². The third-order valence-electron chi connectivity index (χ3n) is 3.50. The Balaban J connectivity index is 2.18. The first-order valence-corrected chi connectivity index (χ1v) is 7.49. The number of likely N-dealkylation sites (tertiary alicyclic amines) is 1. The molecule has 0 radical (unpaired) electrons. The maximum Gasteiger partial charge on any atom is 0.254 e. The molecule has 1 saturated heterocycles. The molecule has 19 heavy (non-hydrogen) atoms. The van der Waals surface area contributed by atoms with Crippen LogP contribution in [0.2, 0.25) is 0 Å². The zero-order chi connectivity index (χ0) is 14.0. The van der Waals surface area contributed by atoms with Crippen molar-refractivity contribution in [3.63, 3.8) is 0 Å². The highest BCUT2D eigenvalue weighted by Crippen LogP contribution is 2.23. The smallest absolute Gasteiger partial charge is 0.254 e. The Morgan fingerprint density at radius 1 is 1.42 bits per heavy atom. The lowest BCUT2D eigenvalue weighted by molar-refractivity contribution is 0.0716. The lowest BCUT2D eigenvalue weighted by Gasteiger charge is -2.27. The fraction of sp³-hybridized carbons (Fsp3) is 0.533. The van der Waals surface area contributed by atoms with E-state index in [1.165, 1.54) is 0 Å². The molecule has 0 saturated carbocycles. The zero-order valence-electron chi connectivity index (χ0n) is 11.8. The molecule has 0 aromatic heterocycles. The number of likely N-dealkylation sites (N-methyl/N-ethyl adjacent to an activating group) is 1. The van der Waals surface area contributed by atoms with Gasteiger partial charge in [0.1, 0.15) is 0 Å². The summed E-state index contributed by atoms with van der Waals surface area (Å²) < 4.78 is 0.971.